The van der Waals surface area contributed by atoms with Gasteiger partial charge in [0, 0.05) is 16.6 Å². The van der Waals surface area contributed by atoms with Gasteiger partial charge >= 0.3 is 0 Å². The molecule has 0 aliphatic carbocycles. The van der Waals surface area contributed by atoms with E-state index in [1.807, 2.05) is 25.1 Å². The van der Waals surface area contributed by atoms with E-state index in [0.29, 0.717) is 13.2 Å². The second-order valence-electron chi connectivity index (χ2n) is 5.06. The van der Waals surface area contributed by atoms with Gasteiger partial charge in [0.05, 0.1) is 6.61 Å². The summed E-state index contributed by atoms with van der Waals surface area (Å²) in [4.78, 5) is 0. The highest BCUT2D eigenvalue weighted by atomic mass is 79.9. The van der Waals surface area contributed by atoms with Crippen LogP contribution in [-0.4, -0.2) is 6.54 Å². The maximum absolute atomic E-state index is 5.74. The molecule has 0 unspecified atom stereocenters. The number of nitrogens with one attached hydrogen (secondary N) is 1. The minimum absolute atomic E-state index is 0.496. The van der Waals surface area contributed by atoms with Crippen LogP contribution in [0.25, 0.3) is 0 Å². The van der Waals surface area contributed by atoms with E-state index in [2.05, 4.69) is 40.3 Å². The molecule has 0 bridgehead atoms. The molecule has 0 aliphatic heterocycles. The van der Waals surface area contributed by atoms with E-state index in [0.717, 1.165) is 41.1 Å². The van der Waals surface area contributed by atoms with Crippen molar-refractivity contribution < 1.29 is 9.15 Å². The molecule has 4 heteroatoms. The Balaban J connectivity index is 1.83. The van der Waals surface area contributed by atoms with E-state index in [-0.39, 0.29) is 0 Å². The molecule has 0 spiro atoms. The standard InChI is InChI=1S/C17H22BrNO2/c1-3-8-19-10-15-9-16(21-13(15)2)12-20-11-14-6-4-5-7-17(14)18/h4-7,9,19H,3,8,10-12H2,1-2H3. The zero-order valence-corrected chi connectivity index (χ0v) is 14.2. The molecule has 0 fully saturated rings. The van der Waals surface area contributed by atoms with Crippen LogP contribution in [0.3, 0.4) is 0 Å². The minimum Gasteiger partial charge on any atom is -0.464 e. The minimum atomic E-state index is 0.496. The molecule has 3 nitrogen and oxygen atoms in total. The summed E-state index contributed by atoms with van der Waals surface area (Å²) in [6.07, 6.45) is 1.14. The number of hydrogen-bond donors (Lipinski definition) is 1. The molecule has 0 amide bonds. The SMILES string of the molecule is CCCNCc1cc(COCc2ccccc2Br)oc1C. The van der Waals surface area contributed by atoms with Crippen LogP contribution in [0.1, 0.15) is 36.0 Å². The van der Waals surface area contributed by atoms with Crippen LogP contribution in [-0.2, 0) is 24.5 Å². The van der Waals surface area contributed by atoms with Crippen molar-refractivity contribution in [2.45, 2.75) is 40.0 Å². The fourth-order valence-electron chi connectivity index (χ4n) is 2.11. The van der Waals surface area contributed by atoms with Crippen molar-refractivity contribution in [1.29, 1.82) is 0 Å². The fraction of sp³-hybridized carbons (Fsp3) is 0.412. The van der Waals surface area contributed by atoms with Gasteiger partial charge in [-0.05, 0) is 37.6 Å². The average Bonchev–Trinajstić information content (AvgIpc) is 2.82. The number of rotatable bonds is 8. The van der Waals surface area contributed by atoms with Gasteiger partial charge in [-0.2, -0.15) is 0 Å². The highest BCUT2D eigenvalue weighted by molar-refractivity contribution is 9.10. The van der Waals surface area contributed by atoms with E-state index >= 15 is 0 Å². The van der Waals surface area contributed by atoms with Gasteiger partial charge in [0.1, 0.15) is 18.1 Å². The second-order valence-corrected chi connectivity index (χ2v) is 5.91. The quantitative estimate of drug-likeness (QED) is 0.707. The molecule has 1 aromatic heterocycles. The van der Waals surface area contributed by atoms with Gasteiger partial charge in [0.2, 0.25) is 0 Å². The van der Waals surface area contributed by atoms with Gasteiger partial charge in [-0.25, -0.2) is 0 Å². The Morgan fingerprint density at radius 3 is 2.76 bits per heavy atom. The van der Waals surface area contributed by atoms with Crippen molar-refractivity contribution >= 4 is 15.9 Å². The van der Waals surface area contributed by atoms with E-state index in [4.69, 9.17) is 9.15 Å². The Hall–Kier alpha value is -1.10. The second kappa shape index (κ2) is 8.37. The van der Waals surface area contributed by atoms with Crippen LogP contribution in [0.15, 0.2) is 39.2 Å². The van der Waals surface area contributed by atoms with Crippen LogP contribution in [0.2, 0.25) is 0 Å². The molecule has 0 saturated carbocycles. The van der Waals surface area contributed by atoms with Crippen molar-refractivity contribution in [1.82, 2.24) is 5.32 Å². The first-order valence-electron chi connectivity index (χ1n) is 7.30. The predicted octanol–water partition coefficient (Wildman–Crippen LogP) is 4.57. The molecule has 0 radical (unpaired) electrons. The molecule has 0 atom stereocenters. The Labute approximate surface area is 134 Å². The molecule has 114 valence electrons. The lowest BCUT2D eigenvalue weighted by molar-refractivity contribution is 0.0920. The van der Waals surface area contributed by atoms with Gasteiger partial charge in [-0.3, -0.25) is 0 Å². The number of aryl methyl sites for hydroxylation is 1. The first-order valence-corrected chi connectivity index (χ1v) is 8.10. The summed E-state index contributed by atoms with van der Waals surface area (Å²) in [7, 11) is 0. The van der Waals surface area contributed by atoms with Crippen LogP contribution in [0, 0.1) is 6.92 Å². The molecule has 1 aromatic carbocycles. The van der Waals surface area contributed by atoms with Crippen molar-refractivity contribution in [3.05, 3.63) is 57.5 Å². The van der Waals surface area contributed by atoms with Gasteiger partial charge in [-0.1, -0.05) is 41.1 Å². The van der Waals surface area contributed by atoms with E-state index in [1.54, 1.807) is 0 Å². The number of halogens is 1. The largest absolute Gasteiger partial charge is 0.464 e. The van der Waals surface area contributed by atoms with Crippen LogP contribution in [0.5, 0.6) is 0 Å². The molecule has 1 N–H and O–H groups in total. The Bertz CT molecular complexity index is 566. The normalized spacial score (nSPS) is 11.0. The monoisotopic (exact) mass is 351 g/mol. The molecule has 0 aliphatic rings. The van der Waals surface area contributed by atoms with Gasteiger partial charge in [0.15, 0.2) is 0 Å². The van der Waals surface area contributed by atoms with Gasteiger partial charge in [-0.15, -0.1) is 0 Å². The predicted molar refractivity (Wildman–Crippen MR) is 88.1 cm³/mol. The van der Waals surface area contributed by atoms with Crippen LogP contribution < -0.4 is 5.32 Å². The summed E-state index contributed by atoms with van der Waals surface area (Å²) in [5, 5.41) is 3.39. The third-order valence-corrected chi connectivity index (χ3v) is 4.05. The van der Waals surface area contributed by atoms with E-state index in [9.17, 15) is 0 Å². The summed E-state index contributed by atoms with van der Waals surface area (Å²) >= 11 is 3.52. The van der Waals surface area contributed by atoms with E-state index < -0.39 is 0 Å². The molecule has 2 rings (SSSR count). The van der Waals surface area contributed by atoms with Crippen molar-refractivity contribution in [3.63, 3.8) is 0 Å². The smallest absolute Gasteiger partial charge is 0.130 e. The number of furan rings is 1. The molecule has 2 aromatic rings. The molecular formula is C17H22BrNO2. The highest BCUT2D eigenvalue weighted by Crippen LogP contribution is 2.19. The van der Waals surface area contributed by atoms with Crippen molar-refractivity contribution in [2.24, 2.45) is 0 Å². The maximum Gasteiger partial charge on any atom is 0.130 e. The molecule has 1 heterocycles. The Morgan fingerprint density at radius 2 is 2.00 bits per heavy atom. The zero-order valence-electron chi connectivity index (χ0n) is 12.6. The first-order chi connectivity index (χ1) is 10.2. The third kappa shape index (κ3) is 4.99. The zero-order chi connectivity index (χ0) is 15.1. The lowest BCUT2D eigenvalue weighted by atomic mass is 10.2. The van der Waals surface area contributed by atoms with Crippen LogP contribution >= 0.6 is 15.9 Å². The van der Waals surface area contributed by atoms with Gasteiger partial charge < -0.3 is 14.5 Å². The molecule has 21 heavy (non-hydrogen) atoms. The van der Waals surface area contributed by atoms with Crippen molar-refractivity contribution in [2.75, 3.05) is 6.54 Å². The maximum atomic E-state index is 5.74. The summed E-state index contributed by atoms with van der Waals surface area (Å²) in [6, 6.07) is 10.2. The summed E-state index contributed by atoms with van der Waals surface area (Å²) in [5.74, 6) is 1.85. The third-order valence-electron chi connectivity index (χ3n) is 3.27. The van der Waals surface area contributed by atoms with Crippen molar-refractivity contribution in [3.8, 4) is 0 Å². The number of benzene rings is 1. The van der Waals surface area contributed by atoms with Crippen LogP contribution in [0.4, 0.5) is 0 Å². The number of hydrogen-bond acceptors (Lipinski definition) is 3. The molecular weight excluding hydrogens is 330 g/mol. The fourth-order valence-corrected chi connectivity index (χ4v) is 2.51. The summed E-state index contributed by atoms with van der Waals surface area (Å²) in [6.45, 7) is 7.11. The van der Waals surface area contributed by atoms with Gasteiger partial charge in [0.25, 0.3) is 0 Å². The first kappa shape index (κ1) is 16.3. The topological polar surface area (TPSA) is 34.4 Å². The molecule has 0 saturated heterocycles. The Morgan fingerprint density at radius 1 is 1.19 bits per heavy atom. The summed E-state index contributed by atoms with van der Waals surface area (Å²) < 4.78 is 12.5. The Kier molecular flexibility index (Phi) is 6.49. The van der Waals surface area contributed by atoms with E-state index in [1.165, 1.54) is 5.56 Å². The average molecular weight is 352 g/mol. The number of ether oxygens (including phenoxy) is 1. The lowest BCUT2D eigenvalue weighted by Crippen LogP contribution is -2.13. The highest BCUT2D eigenvalue weighted by Gasteiger charge is 2.07. The summed E-state index contributed by atoms with van der Waals surface area (Å²) in [5.41, 5.74) is 2.36. The lowest BCUT2D eigenvalue weighted by Gasteiger charge is -2.04.